The third kappa shape index (κ3) is 2.82. The number of sulfonamides is 1. The zero-order chi connectivity index (χ0) is 14.2. The third-order valence-corrected chi connectivity index (χ3v) is 5.27. The van der Waals surface area contributed by atoms with Crippen molar-refractivity contribution in [2.45, 2.75) is 25.7 Å². The molecule has 0 bridgehead atoms. The molecule has 0 saturated carbocycles. The highest BCUT2D eigenvalue weighted by atomic mass is 79.9. The van der Waals surface area contributed by atoms with E-state index >= 15 is 0 Å². The van der Waals surface area contributed by atoms with Gasteiger partial charge in [-0.25, -0.2) is 8.42 Å². The van der Waals surface area contributed by atoms with E-state index in [0.717, 1.165) is 10.0 Å². The van der Waals surface area contributed by atoms with Crippen molar-refractivity contribution in [3.8, 4) is 0 Å². The molecule has 0 aliphatic heterocycles. The minimum Gasteiger partial charge on any atom is -0.281 e. The summed E-state index contributed by atoms with van der Waals surface area (Å²) >= 11 is 3.38. The third-order valence-electron chi connectivity index (χ3n) is 2.74. The highest BCUT2D eigenvalue weighted by Crippen LogP contribution is 2.24. The van der Waals surface area contributed by atoms with E-state index in [2.05, 4.69) is 30.8 Å². The molecule has 2 N–H and O–H groups in total. The molecule has 1 aromatic heterocycles. The van der Waals surface area contributed by atoms with Crippen molar-refractivity contribution in [1.29, 1.82) is 0 Å². The van der Waals surface area contributed by atoms with Crippen molar-refractivity contribution in [3.63, 3.8) is 0 Å². The molecule has 5 nitrogen and oxygen atoms in total. The molecule has 0 radical (unpaired) electrons. The van der Waals surface area contributed by atoms with Crippen LogP contribution in [0.4, 0.5) is 5.69 Å². The number of benzene rings is 1. The summed E-state index contributed by atoms with van der Waals surface area (Å²) in [6.07, 6.45) is 0. The molecule has 0 atom stereocenters. The van der Waals surface area contributed by atoms with Crippen LogP contribution in [0.5, 0.6) is 0 Å². The van der Waals surface area contributed by atoms with E-state index in [-0.39, 0.29) is 4.90 Å². The normalized spacial score (nSPS) is 11.6. The van der Waals surface area contributed by atoms with E-state index in [1.165, 1.54) is 0 Å². The average molecular weight is 344 g/mol. The maximum absolute atomic E-state index is 12.3. The standard InChI is InChI=1S/C12H14BrN3O2S/c1-7-6-10(4-5-11(7)13)16-19(17,18)12-8(2)14-15-9(12)3/h4-6,16H,1-3H3,(H,14,15). The SMILES string of the molecule is Cc1cc(NS(=O)(=O)c2c(C)n[nH]c2C)ccc1Br. The van der Waals surface area contributed by atoms with Gasteiger partial charge >= 0.3 is 0 Å². The van der Waals surface area contributed by atoms with Crippen LogP contribution in [0.2, 0.25) is 0 Å². The van der Waals surface area contributed by atoms with Crippen molar-refractivity contribution < 1.29 is 8.42 Å². The van der Waals surface area contributed by atoms with Gasteiger partial charge in [0.1, 0.15) is 4.90 Å². The molecule has 2 aromatic rings. The van der Waals surface area contributed by atoms with Crippen molar-refractivity contribution in [1.82, 2.24) is 10.2 Å². The van der Waals surface area contributed by atoms with Crippen LogP contribution in [0, 0.1) is 20.8 Å². The zero-order valence-corrected chi connectivity index (χ0v) is 13.2. The number of hydrogen-bond acceptors (Lipinski definition) is 3. The Kier molecular flexibility index (Phi) is 3.69. The van der Waals surface area contributed by atoms with E-state index in [1.807, 2.05) is 13.0 Å². The highest BCUT2D eigenvalue weighted by Gasteiger charge is 2.22. The van der Waals surface area contributed by atoms with Gasteiger partial charge in [-0.15, -0.1) is 0 Å². The Bertz CT molecular complexity index is 703. The molecule has 2 rings (SSSR count). The smallest absolute Gasteiger partial charge is 0.265 e. The molecular formula is C12H14BrN3O2S. The molecule has 7 heteroatoms. The largest absolute Gasteiger partial charge is 0.281 e. The molecule has 19 heavy (non-hydrogen) atoms. The summed E-state index contributed by atoms with van der Waals surface area (Å²) in [6, 6.07) is 5.29. The molecule has 0 spiro atoms. The summed E-state index contributed by atoms with van der Waals surface area (Å²) < 4.78 is 28.1. The fraction of sp³-hybridized carbons (Fsp3) is 0.250. The van der Waals surface area contributed by atoms with Crippen LogP contribution in [-0.4, -0.2) is 18.6 Å². The molecular weight excluding hydrogens is 330 g/mol. The van der Waals surface area contributed by atoms with E-state index in [1.54, 1.807) is 26.0 Å². The first-order chi connectivity index (χ1) is 8.81. The Hall–Kier alpha value is -1.34. The van der Waals surface area contributed by atoms with Crippen molar-refractivity contribution in [2.24, 2.45) is 0 Å². The highest BCUT2D eigenvalue weighted by molar-refractivity contribution is 9.10. The molecule has 1 heterocycles. The van der Waals surface area contributed by atoms with Gasteiger partial charge in [0.2, 0.25) is 0 Å². The zero-order valence-electron chi connectivity index (χ0n) is 10.8. The molecule has 1 aromatic carbocycles. The second-order valence-electron chi connectivity index (χ2n) is 4.33. The topological polar surface area (TPSA) is 74.8 Å². The van der Waals surface area contributed by atoms with Gasteiger partial charge < -0.3 is 0 Å². The van der Waals surface area contributed by atoms with Gasteiger partial charge in [-0.3, -0.25) is 9.82 Å². The fourth-order valence-corrected chi connectivity index (χ4v) is 3.52. The van der Waals surface area contributed by atoms with Gasteiger partial charge in [-0.05, 0) is 44.5 Å². The number of aromatic amines is 1. The summed E-state index contributed by atoms with van der Waals surface area (Å²) in [7, 11) is -3.62. The second-order valence-corrected chi connectivity index (χ2v) is 6.81. The number of anilines is 1. The van der Waals surface area contributed by atoms with Gasteiger partial charge in [0, 0.05) is 10.2 Å². The van der Waals surface area contributed by atoms with E-state index in [4.69, 9.17) is 0 Å². The van der Waals surface area contributed by atoms with Crippen LogP contribution in [0.3, 0.4) is 0 Å². The average Bonchev–Trinajstić information content (AvgIpc) is 2.64. The molecule has 0 aliphatic carbocycles. The molecule has 102 valence electrons. The van der Waals surface area contributed by atoms with Crippen LogP contribution >= 0.6 is 15.9 Å². The number of H-pyrrole nitrogens is 1. The monoisotopic (exact) mass is 343 g/mol. The number of halogens is 1. The minimum atomic E-state index is -3.62. The fourth-order valence-electron chi connectivity index (χ4n) is 1.85. The first-order valence-corrected chi connectivity index (χ1v) is 7.89. The summed E-state index contributed by atoms with van der Waals surface area (Å²) in [4.78, 5) is 0.202. The summed E-state index contributed by atoms with van der Waals surface area (Å²) in [5.41, 5.74) is 2.47. The lowest BCUT2D eigenvalue weighted by atomic mass is 10.2. The van der Waals surface area contributed by atoms with Crippen LogP contribution < -0.4 is 4.72 Å². The van der Waals surface area contributed by atoms with E-state index in [0.29, 0.717) is 17.1 Å². The number of nitrogens with one attached hydrogen (secondary N) is 2. The lowest BCUT2D eigenvalue weighted by molar-refractivity contribution is 0.600. The number of aromatic nitrogens is 2. The summed E-state index contributed by atoms with van der Waals surface area (Å²) in [6.45, 7) is 5.24. The maximum atomic E-state index is 12.3. The van der Waals surface area contributed by atoms with Gasteiger partial charge in [0.15, 0.2) is 0 Å². The summed E-state index contributed by atoms with van der Waals surface area (Å²) in [5.74, 6) is 0. The molecule has 0 aliphatic rings. The first-order valence-electron chi connectivity index (χ1n) is 5.62. The Balaban J connectivity index is 2.39. The van der Waals surface area contributed by atoms with Crippen LogP contribution in [0.1, 0.15) is 17.0 Å². The minimum absolute atomic E-state index is 0.202. The Morgan fingerprint density at radius 3 is 2.47 bits per heavy atom. The predicted octanol–water partition coefficient (Wildman–Crippen LogP) is 2.90. The van der Waals surface area contributed by atoms with Gasteiger partial charge in [-0.2, -0.15) is 5.10 Å². The van der Waals surface area contributed by atoms with Crippen LogP contribution in [0.15, 0.2) is 27.6 Å². The molecule has 0 amide bonds. The summed E-state index contributed by atoms with van der Waals surface area (Å²) in [5, 5.41) is 6.58. The number of rotatable bonds is 3. The Morgan fingerprint density at radius 1 is 1.26 bits per heavy atom. The number of hydrogen-bond donors (Lipinski definition) is 2. The van der Waals surface area contributed by atoms with E-state index in [9.17, 15) is 8.42 Å². The number of aryl methyl sites for hydroxylation is 3. The lowest BCUT2D eigenvalue weighted by Crippen LogP contribution is -2.14. The van der Waals surface area contributed by atoms with Crippen molar-refractivity contribution in [2.75, 3.05) is 4.72 Å². The predicted molar refractivity (Wildman–Crippen MR) is 77.7 cm³/mol. The molecule has 0 unspecified atom stereocenters. The second kappa shape index (κ2) is 4.97. The molecule has 0 fully saturated rings. The van der Waals surface area contributed by atoms with Crippen LogP contribution in [0.25, 0.3) is 0 Å². The van der Waals surface area contributed by atoms with Crippen molar-refractivity contribution >= 4 is 31.6 Å². The van der Waals surface area contributed by atoms with Gasteiger partial charge in [-0.1, -0.05) is 15.9 Å². The van der Waals surface area contributed by atoms with Gasteiger partial charge in [0.25, 0.3) is 10.0 Å². The quantitative estimate of drug-likeness (QED) is 0.899. The maximum Gasteiger partial charge on any atom is 0.265 e. The molecule has 0 saturated heterocycles. The van der Waals surface area contributed by atoms with Crippen LogP contribution in [-0.2, 0) is 10.0 Å². The van der Waals surface area contributed by atoms with Gasteiger partial charge in [0.05, 0.1) is 11.4 Å². The lowest BCUT2D eigenvalue weighted by Gasteiger charge is -2.09. The van der Waals surface area contributed by atoms with E-state index < -0.39 is 10.0 Å². The Labute approximate surface area is 120 Å². The first kappa shape index (κ1) is 14.1. The number of nitrogens with zero attached hydrogens (tertiary/aromatic N) is 1. The van der Waals surface area contributed by atoms with Crippen molar-refractivity contribution in [3.05, 3.63) is 39.6 Å². The Morgan fingerprint density at radius 2 is 1.95 bits per heavy atom.